The van der Waals surface area contributed by atoms with Crippen LogP contribution in [0, 0.1) is 0 Å². The number of rotatable bonds is 6. The molecule has 3 amide bonds. The van der Waals surface area contributed by atoms with Gasteiger partial charge in [0.15, 0.2) is 5.16 Å². The van der Waals surface area contributed by atoms with E-state index in [1.807, 2.05) is 26.0 Å². The van der Waals surface area contributed by atoms with E-state index < -0.39 is 11.9 Å². The van der Waals surface area contributed by atoms with E-state index in [4.69, 9.17) is 0 Å². The summed E-state index contributed by atoms with van der Waals surface area (Å²) in [5.74, 6) is -0.398. The molecular formula is C18H22N4O3S. The second kappa shape index (κ2) is 7.90. The first-order chi connectivity index (χ1) is 12.5. The molecule has 0 aliphatic heterocycles. The Kier molecular flexibility index (Phi) is 5.61. The molecule has 1 aliphatic rings. The maximum Gasteiger partial charge on any atom is 0.321 e. The number of amides is 3. The zero-order valence-corrected chi connectivity index (χ0v) is 15.6. The van der Waals surface area contributed by atoms with Gasteiger partial charge in [-0.1, -0.05) is 30.8 Å². The van der Waals surface area contributed by atoms with E-state index in [0.29, 0.717) is 16.1 Å². The summed E-state index contributed by atoms with van der Waals surface area (Å²) in [6.07, 6.45) is 2.68. The molecule has 7 nitrogen and oxygen atoms in total. The van der Waals surface area contributed by atoms with Gasteiger partial charge in [0.05, 0.1) is 16.7 Å². The number of imide groups is 1. The Bertz CT molecular complexity index is 892. The first-order valence-electron chi connectivity index (χ1n) is 8.74. The molecule has 3 rings (SSSR count). The first-order valence-corrected chi connectivity index (χ1v) is 9.72. The van der Waals surface area contributed by atoms with Gasteiger partial charge in [0.2, 0.25) is 5.91 Å². The molecule has 8 heteroatoms. The van der Waals surface area contributed by atoms with Crippen LogP contribution < -0.4 is 16.2 Å². The summed E-state index contributed by atoms with van der Waals surface area (Å²) in [7, 11) is 0. The van der Waals surface area contributed by atoms with E-state index in [1.165, 1.54) is 0 Å². The van der Waals surface area contributed by atoms with E-state index in [0.717, 1.165) is 31.0 Å². The van der Waals surface area contributed by atoms with E-state index in [2.05, 4.69) is 15.6 Å². The van der Waals surface area contributed by atoms with Crippen LogP contribution in [0.25, 0.3) is 10.9 Å². The van der Waals surface area contributed by atoms with Crippen molar-refractivity contribution in [3.05, 3.63) is 34.6 Å². The van der Waals surface area contributed by atoms with Crippen LogP contribution in [0.4, 0.5) is 4.79 Å². The Morgan fingerprint density at radius 2 is 2.08 bits per heavy atom. The average Bonchev–Trinajstić information content (AvgIpc) is 3.43. The van der Waals surface area contributed by atoms with Crippen molar-refractivity contribution in [3.63, 3.8) is 0 Å². The van der Waals surface area contributed by atoms with Gasteiger partial charge in [-0.25, -0.2) is 9.78 Å². The first kappa shape index (κ1) is 18.4. The number of carbonyl (C=O) groups is 2. The number of nitrogens with one attached hydrogen (secondary N) is 2. The quantitative estimate of drug-likeness (QED) is 0.598. The van der Waals surface area contributed by atoms with Crippen LogP contribution >= 0.6 is 11.8 Å². The minimum Gasteiger partial charge on any atom is -0.335 e. The van der Waals surface area contributed by atoms with Crippen molar-refractivity contribution in [1.82, 2.24) is 20.2 Å². The molecule has 1 aromatic carbocycles. The Hall–Kier alpha value is -2.35. The summed E-state index contributed by atoms with van der Waals surface area (Å²) in [4.78, 5) is 41.1. The predicted molar refractivity (Wildman–Crippen MR) is 101 cm³/mol. The zero-order valence-electron chi connectivity index (χ0n) is 14.8. The van der Waals surface area contributed by atoms with Gasteiger partial charge in [0, 0.05) is 12.1 Å². The number of para-hydroxylation sites is 1. The summed E-state index contributed by atoms with van der Waals surface area (Å²) in [6.45, 7) is 3.95. The highest BCUT2D eigenvalue weighted by Gasteiger charge is 2.24. The lowest BCUT2D eigenvalue weighted by Crippen LogP contribution is -2.41. The minimum absolute atomic E-state index is 0.0132. The van der Waals surface area contributed by atoms with Crippen molar-refractivity contribution >= 4 is 34.6 Å². The predicted octanol–water partition coefficient (Wildman–Crippen LogP) is 2.45. The molecular weight excluding hydrogens is 352 g/mol. The third-order valence-electron chi connectivity index (χ3n) is 4.30. The highest BCUT2D eigenvalue weighted by atomic mass is 32.2. The number of aromatic nitrogens is 2. The van der Waals surface area contributed by atoms with Gasteiger partial charge in [0.1, 0.15) is 0 Å². The molecule has 26 heavy (non-hydrogen) atoms. The lowest BCUT2D eigenvalue weighted by Gasteiger charge is -2.18. The van der Waals surface area contributed by atoms with Gasteiger partial charge in [-0.05, 0) is 38.3 Å². The molecule has 1 fully saturated rings. The lowest BCUT2D eigenvalue weighted by atomic mass is 10.2. The van der Waals surface area contributed by atoms with Crippen molar-refractivity contribution in [1.29, 1.82) is 0 Å². The maximum atomic E-state index is 12.8. The summed E-state index contributed by atoms with van der Waals surface area (Å²) in [5.41, 5.74) is 0.491. The molecule has 2 N–H and O–H groups in total. The SMILES string of the molecule is CC[C@H](C)n1c(SCC(=O)NC(=O)NC2CC2)nc2ccccc2c1=O. The minimum atomic E-state index is -0.469. The fourth-order valence-electron chi connectivity index (χ4n) is 2.54. The van der Waals surface area contributed by atoms with Crippen LogP contribution in [0.2, 0.25) is 0 Å². The number of nitrogens with zero attached hydrogens (tertiary/aromatic N) is 2. The molecule has 0 bridgehead atoms. The average molecular weight is 374 g/mol. The van der Waals surface area contributed by atoms with Gasteiger partial charge < -0.3 is 5.32 Å². The number of carbonyl (C=O) groups excluding carboxylic acids is 2. The van der Waals surface area contributed by atoms with Crippen LogP contribution in [0.3, 0.4) is 0 Å². The molecule has 1 heterocycles. The number of benzene rings is 1. The van der Waals surface area contributed by atoms with E-state index >= 15 is 0 Å². The largest absolute Gasteiger partial charge is 0.335 e. The van der Waals surface area contributed by atoms with Crippen LogP contribution in [0.5, 0.6) is 0 Å². The van der Waals surface area contributed by atoms with Gasteiger partial charge in [0.25, 0.3) is 5.56 Å². The highest BCUT2D eigenvalue weighted by molar-refractivity contribution is 7.99. The van der Waals surface area contributed by atoms with E-state index in [-0.39, 0.29) is 23.4 Å². The molecule has 0 saturated heterocycles. The Morgan fingerprint density at radius 3 is 2.77 bits per heavy atom. The van der Waals surface area contributed by atoms with Crippen molar-refractivity contribution in [2.24, 2.45) is 0 Å². The molecule has 0 radical (unpaired) electrons. The van der Waals surface area contributed by atoms with Crippen LogP contribution in [-0.2, 0) is 4.79 Å². The van der Waals surface area contributed by atoms with Gasteiger partial charge in [-0.15, -0.1) is 0 Å². The van der Waals surface area contributed by atoms with Crippen molar-refractivity contribution in [2.45, 2.75) is 50.4 Å². The summed E-state index contributed by atoms with van der Waals surface area (Å²) in [5, 5.41) is 6.06. The number of urea groups is 1. The molecule has 0 spiro atoms. The molecule has 2 aromatic rings. The topological polar surface area (TPSA) is 93.1 Å². The van der Waals surface area contributed by atoms with Gasteiger partial charge in [-0.2, -0.15) is 0 Å². The van der Waals surface area contributed by atoms with Gasteiger partial charge >= 0.3 is 6.03 Å². The van der Waals surface area contributed by atoms with Crippen molar-refractivity contribution in [2.75, 3.05) is 5.75 Å². The molecule has 1 aliphatic carbocycles. The normalized spacial score (nSPS) is 14.8. The number of hydrogen-bond acceptors (Lipinski definition) is 5. The number of fused-ring (bicyclic) bond motifs is 1. The summed E-state index contributed by atoms with van der Waals surface area (Å²) >= 11 is 1.16. The molecule has 1 atom stereocenters. The zero-order chi connectivity index (χ0) is 18.7. The third-order valence-corrected chi connectivity index (χ3v) is 5.26. The van der Waals surface area contributed by atoms with E-state index in [1.54, 1.807) is 16.7 Å². The molecule has 0 unspecified atom stereocenters. The van der Waals surface area contributed by atoms with Crippen molar-refractivity contribution in [3.8, 4) is 0 Å². The summed E-state index contributed by atoms with van der Waals surface area (Å²) < 4.78 is 1.63. The Balaban J connectivity index is 1.78. The Labute approximate surface area is 155 Å². The molecule has 138 valence electrons. The Morgan fingerprint density at radius 1 is 1.35 bits per heavy atom. The monoisotopic (exact) mass is 374 g/mol. The fourth-order valence-corrected chi connectivity index (χ4v) is 3.44. The van der Waals surface area contributed by atoms with E-state index in [9.17, 15) is 14.4 Å². The summed E-state index contributed by atoms with van der Waals surface area (Å²) in [6, 6.07) is 6.86. The van der Waals surface area contributed by atoms with Gasteiger partial charge in [-0.3, -0.25) is 19.5 Å². The van der Waals surface area contributed by atoms with Crippen LogP contribution in [-0.4, -0.2) is 33.3 Å². The lowest BCUT2D eigenvalue weighted by molar-refractivity contribution is -0.117. The van der Waals surface area contributed by atoms with Crippen molar-refractivity contribution < 1.29 is 9.59 Å². The highest BCUT2D eigenvalue weighted by Crippen LogP contribution is 2.22. The third kappa shape index (κ3) is 4.24. The smallest absolute Gasteiger partial charge is 0.321 e. The number of thioether (sulfide) groups is 1. The maximum absolute atomic E-state index is 12.8. The fraction of sp³-hybridized carbons (Fsp3) is 0.444. The second-order valence-corrected chi connectivity index (χ2v) is 7.37. The number of hydrogen-bond donors (Lipinski definition) is 2. The molecule has 1 saturated carbocycles. The van der Waals surface area contributed by atoms with Crippen LogP contribution in [0.15, 0.2) is 34.2 Å². The second-order valence-electron chi connectivity index (χ2n) is 6.43. The molecule has 1 aromatic heterocycles. The standard InChI is InChI=1S/C18H22N4O3S/c1-3-11(2)22-16(24)13-6-4-5-7-14(13)20-18(22)26-10-15(23)21-17(25)19-12-8-9-12/h4-7,11-12H,3,8-10H2,1-2H3,(H2,19,21,23,25)/t11-/m0/s1. The van der Waals surface area contributed by atoms with Crippen LogP contribution in [0.1, 0.15) is 39.2 Å².